The third-order valence-electron chi connectivity index (χ3n) is 9.68. The number of nitrogens with zero attached hydrogens (tertiary/aromatic N) is 1. The van der Waals surface area contributed by atoms with Gasteiger partial charge >= 0.3 is 0 Å². The van der Waals surface area contributed by atoms with Crippen LogP contribution in [0.4, 0.5) is 17.1 Å². The van der Waals surface area contributed by atoms with Crippen LogP contribution in [0.5, 0.6) is 0 Å². The molecule has 9 rings (SSSR count). The van der Waals surface area contributed by atoms with Crippen molar-refractivity contribution >= 4 is 89.4 Å². The van der Waals surface area contributed by atoms with Gasteiger partial charge in [0.2, 0.25) is 0 Å². The van der Waals surface area contributed by atoms with Crippen molar-refractivity contribution in [3.8, 4) is 22.3 Å². The molecule has 0 radical (unpaired) electrons. The molecular formula is C42H30ClNSSi. The van der Waals surface area contributed by atoms with Gasteiger partial charge in [0.15, 0.2) is 0 Å². The SMILES string of the molecule is C[Si]1(C)c2cc(Cl)c(-c3ccccc3)cc2-c2cc(N(c3ccccc3)c3ccc4sc5ccccc5c4c3)c3ccccc3c21. The van der Waals surface area contributed by atoms with Gasteiger partial charge < -0.3 is 4.90 Å². The standard InChI is InChI=1S/C42H30ClNSSi/c1-46(2)41-26-37(43)33(27-13-5-3-6-14-27)24-35(41)36-25-38(30-17-9-10-19-32(30)42(36)46)44(28-15-7-4-8-16-28)29-21-22-40-34(23-29)31-18-11-12-20-39(31)45-40/h3-26H,1-2H3. The maximum Gasteiger partial charge on any atom is 0.114 e. The van der Waals surface area contributed by atoms with E-state index in [4.69, 9.17) is 11.6 Å². The predicted octanol–water partition coefficient (Wildman–Crippen LogP) is 11.8. The highest BCUT2D eigenvalue weighted by molar-refractivity contribution is 7.25. The van der Waals surface area contributed by atoms with Crippen molar-refractivity contribution in [2.75, 3.05) is 4.90 Å². The van der Waals surface area contributed by atoms with E-state index in [0.29, 0.717) is 0 Å². The largest absolute Gasteiger partial charge is 0.310 e. The van der Waals surface area contributed by atoms with Gasteiger partial charge in [-0.2, -0.15) is 0 Å². The third-order valence-corrected chi connectivity index (χ3v) is 14.7. The fourth-order valence-electron chi connectivity index (χ4n) is 7.57. The van der Waals surface area contributed by atoms with Gasteiger partial charge in [-0.25, -0.2) is 0 Å². The minimum Gasteiger partial charge on any atom is -0.310 e. The highest BCUT2D eigenvalue weighted by Crippen LogP contribution is 2.46. The molecule has 0 atom stereocenters. The first-order chi connectivity index (χ1) is 22.5. The fourth-order valence-corrected chi connectivity index (χ4v) is 12.4. The molecule has 1 aromatic heterocycles. The molecule has 0 bridgehead atoms. The van der Waals surface area contributed by atoms with Crippen molar-refractivity contribution in [2.45, 2.75) is 13.1 Å². The summed E-state index contributed by atoms with van der Waals surface area (Å²) in [5, 5.41) is 8.94. The van der Waals surface area contributed by atoms with Crippen LogP contribution in [0.15, 0.2) is 146 Å². The topological polar surface area (TPSA) is 3.24 Å². The number of thiophene rings is 1. The first-order valence-corrected chi connectivity index (χ1v) is 19.9. The monoisotopic (exact) mass is 643 g/mol. The lowest BCUT2D eigenvalue weighted by Crippen LogP contribution is -2.49. The second-order valence-electron chi connectivity index (χ2n) is 12.7. The van der Waals surface area contributed by atoms with Crippen LogP contribution in [0.1, 0.15) is 0 Å². The third kappa shape index (κ3) is 4.13. The summed E-state index contributed by atoms with van der Waals surface area (Å²) in [6.45, 7) is 4.96. The van der Waals surface area contributed by atoms with E-state index in [2.05, 4.69) is 164 Å². The van der Waals surface area contributed by atoms with Crippen molar-refractivity contribution in [1.82, 2.24) is 0 Å². The quantitative estimate of drug-likeness (QED) is 0.172. The van der Waals surface area contributed by atoms with Crippen molar-refractivity contribution in [1.29, 1.82) is 0 Å². The summed E-state index contributed by atoms with van der Waals surface area (Å²) in [6.07, 6.45) is 0. The van der Waals surface area contributed by atoms with E-state index in [9.17, 15) is 0 Å². The zero-order chi connectivity index (χ0) is 31.0. The number of hydrogen-bond donors (Lipinski definition) is 0. The molecule has 2 heterocycles. The average molecular weight is 644 g/mol. The molecule has 7 aromatic carbocycles. The molecule has 1 nitrogen and oxygen atoms in total. The second-order valence-corrected chi connectivity index (χ2v) is 18.5. The molecule has 0 spiro atoms. The zero-order valence-corrected chi connectivity index (χ0v) is 28.2. The van der Waals surface area contributed by atoms with E-state index in [1.54, 1.807) is 0 Å². The predicted molar refractivity (Wildman–Crippen MR) is 204 cm³/mol. The smallest absolute Gasteiger partial charge is 0.114 e. The molecule has 4 heteroatoms. The van der Waals surface area contributed by atoms with Crippen molar-refractivity contribution in [3.05, 3.63) is 151 Å². The first kappa shape index (κ1) is 27.6. The summed E-state index contributed by atoms with van der Waals surface area (Å²) in [4.78, 5) is 2.45. The minimum absolute atomic E-state index is 0.824. The van der Waals surface area contributed by atoms with Gasteiger partial charge in [-0.1, -0.05) is 116 Å². The summed E-state index contributed by atoms with van der Waals surface area (Å²) in [7, 11) is -2.08. The van der Waals surface area contributed by atoms with Crippen LogP contribution in [-0.2, 0) is 0 Å². The van der Waals surface area contributed by atoms with Crippen LogP contribution in [0.2, 0.25) is 18.1 Å². The molecule has 0 amide bonds. The molecule has 1 aliphatic heterocycles. The first-order valence-electron chi connectivity index (χ1n) is 15.7. The lowest BCUT2D eigenvalue weighted by atomic mass is 9.95. The number of anilines is 3. The lowest BCUT2D eigenvalue weighted by molar-refractivity contribution is 1.31. The Kier molecular flexibility index (Phi) is 6.26. The molecule has 220 valence electrons. The molecule has 0 saturated heterocycles. The number of fused-ring (bicyclic) bond motifs is 8. The lowest BCUT2D eigenvalue weighted by Gasteiger charge is -2.29. The molecule has 0 N–H and O–H groups in total. The van der Waals surface area contributed by atoms with Gasteiger partial charge in [0.25, 0.3) is 0 Å². The summed E-state index contributed by atoms with van der Waals surface area (Å²) in [6, 6.07) is 53.1. The Balaban J connectivity index is 1.35. The van der Waals surface area contributed by atoms with E-state index >= 15 is 0 Å². The second kappa shape index (κ2) is 10.4. The van der Waals surface area contributed by atoms with Crippen molar-refractivity contribution in [2.24, 2.45) is 0 Å². The molecular weight excluding hydrogens is 614 g/mol. The summed E-state index contributed by atoms with van der Waals surface area (Å²) >= 11 is 8.93. The number of rotatable bonds is 4. The Morgan fingerprint density at radius 1 is 0.522 bits per heavy atom. The van der Waals surface area contributed by atoms with Crippen LogP contribution in [0.3, 0.4) is 0 Å². The van der Waals surface area contributed by atoms with Gasteiger partial charge in [0.1, 0.15) is 8.07 Å². The Labute approximate surface area is 279 Å². The highest BCUT2D eigenvalue weighted by Gasteiger charge is 2.40. The number of halogens is 1. The molecule has 0 fully saturated rings. The summed E-state index contributed by atoms with van der Waals surface area (Å²) in [5.41, 5.74) is 8.36. The molecule has 46 heavy (non-hydrogen) atoms. The zero-order valence-electron chi connectivity index (χ0n) is 25.6. The molecule has 8 aromatic rings. The molecule has 0 aliphatic carbocycles. The maximum atomic E-state index is 7.07. The number of benzene rings is 7. The Morgan fingerprint density at radius 2 is 1.17 bits per heavy atom. The van der Waals surface area contributed by atoms with Crippen molar-refractivity contribution in [3.63, 3.8) is 0 Å². The van der Waals surface area contributed by atoms with E-state index < -0.39 is 8.07 Å². The molecule has 0 unspecified atom stereocenters. The Bertz CT molecular complexity index is 2460. The van der Waals surface area contributed by atoms with Crippen LogP contribution in [0, 0.1) is 0 Å². The van der Waals surface area contributed by atoms with Gasteiger partial charge in [-0.3, -0.25) is 0 Å². The number of para-hydroxylation sites is 1. The van der Waals surface area contributed by atoms with Gasteiger partial charge in [0, 0.05) is 47.5 Å². The van der Waals surface area contributed by atoms with Gasteiger partial charge in [-0.05, 0) is 87.0 Å². The minimum atomic E-state index is -2.08. The van der Waals surface area contributed by atoms with Crippen molar-refractivity contribution < 1.29 is 0 Å². The summed E-state index contributed by atoms with van der Waals surface area (Å²) in [5.74, 6) is 0. The Hall–Kier alpha value is -4.67. The van der Waals surface area contributed by atoms with Gasteiger partial charge in [-0.15, -0.1) is 11.3 Å². The average Bonchev–Trinajstić information content (AvgIpc) is 3.57. The normalized spacial score (nSPS) is 13.3. The van der Waals surface area contributed by atoms with E-state index in [1.807, 2.05) is 11.3 Å². The van der Waals surface area contributed by atoms with E-state index in [0.717, 1.165) is 27.5 Å². The van der Waals surface area contributed by atoms with Crippen LogP contribution < -0.4 is 15.3 Å². The van der Waals surface area contributed by atoms with E-state index in [-0.39, 0.29) is 0 Å². The van der Waals surface area contributed by atoms with Crippen LogP contribution >= 0.6 is 22.9 Å². The molecule has 0 saturated carbocycles. The summed E-state index contributed by atoms with van der Waals surface area (Å²) < 4.78 is 2.63. The van der Waals surface area contributed by atoms with Gasteiger partial charge in [0.05, 0.1) is 5.69 Å². The van der Waals surface area contributed by atoms with Crippen LogP contribution in [0.25, 0.3) is 53.2 Å². The highest BCUT2D eigenvalue weighted by atomic mass is 35.5. The maximum absolute atomic E-state index is 7.07. The van der Waals surface area contributed by atoms with E-state index in [1.165, 1.54) is 58.1 Å². The number of hydrogen-bond acceptors (Lipinski definition) is 2. The fraction of sp³-hybridized carbons (Fsp3) is 0.0476. The van der Waals surface area contributed by atoms with Crippen LogP contribution in [-0.4, -0.2) is 8.07 Å². The Morgan fingerprint density at radius 3 is 1.96 bits per heavy atom. The molecule has 1 aliphatic rings.